The summed E-state index contributed by atoms with van der Waals surface area (Å²) in [6.07, 6.45) is -4.83. The Labute approximate surface area is 110 Å². The standard InChI is InChI=1S/C12H8F4N2O2/c1-20-8-4-2-3-6(10(8)13)7-5-9(19)18-11(17-7)12(14,15)16/h2-5H,1H3,(H,17,18,19). The molecular formula is C12H8F4N2O2. The number of ether oxygens (including phenoxy) is 1. The SMILES string of the molecule is COc1cccc(-c2cc(=O)[nH]c(C(F)(F)F)n2)c1F. The van der Waals surface area contributed by atoms with E-state index in [9.17, 15) is 22.4 Å². The summed E-state index contributed by atoms with van der Waals surface area (Å²) in [4.78, 5) is 16.0. The first-order valence-corrected chi connectivity index (χ1v) is 5.34. The summed E-state index contributed by atoms with van der Waals surface area (Å²) in [7, 11) is 1.22. The minimum absolute atomic E-state index is 0.154. The summed E-state index contributed by atoms with van der Waals surface area (Å²) in [6, 6.07) is 4.68. The predicted octanol–water partition coefficient (Wildman–Crippen LogP) is 2.60. The molecule has 4 nitrogen and oxygen atoms in total. The Balaban J connectivity index is 2.65. The highest BCUT2D eigenvalue weighted by Gasteiger charge is 2.34. The number of methoxy groups -OCH3 is 1. The van der Waals surface area contributed by atoms with Gasteiger partial charge in [-0.15, -0.1) is 0 Å². The van der Waals surface area contributed by atoms with E-state index in [4.69, 9.17) is 4.74 Å². The third kappa shape index (κ3) is 2.63. The molecular weight excluding hydrogens is 280 g/mol. The third-order valence-corrected chi connectivity index (χ3v) is 2.47. The van der Waals surface area contributed by atoms with Crippen molar-refractivity contribution in [3.63, 3.8) is 0 Å². The summed E-state index contributed by atoms with van der Waals surface area (Å²) < 4.78 is 56.4. The molecule has 0 aliphatic rings. The lowest BCUT2D eigenvalue weighted by Crippen LogP contribution is -2.19. The average molecular weight is 288 g/mol. The van der Waals surface area contributed by atoms with Gasteiger partial charge >= 0.3 is 6.18 Å². The van der Waals surface area contributed by atoms with Crippen LogP contribution >= 0.6 is 0 Å². The van der Waals surface area contributed by atoms with Gasteiger partial charge in [0.25, 0.3) is 5.56 Å². The molecule has 0 unspecified atom stereocenters. The fourth-order valence-electron chi connectivity index (χ4n) is 1.60. The van der Waals surface area contributed by atoms with Crippen molar-refractivity contribution in [2.24, 2.45) is 0 Å². The fraction of sp³-hybridized carbons (Fsp3) is 0.167. The monoisotopic (exact) mass is 288 g/mol. The molecule has 0 saturated carbocycles. The Morgan fingerprint density at radius 2 is 2.00 bits per heavy atom. The lowest BCUT2D eigenvalue weighted by Gasteiger charge is -2.09. The molecule has 0 atom stereocenters. The van der Waals surface area contributed by atoms with Crippen molar-refractivity contribution in [2.45, 2.75) is 6.18 Å². The molecule has 0 bridgehead atoms. The van der Waals surface area contributed by atoms with Crippen molar-refractivity contribution in [1.29, 1.82) is 0 Å². The smallest absolute Gasteiger partial charge is 0.449 e. The number of aromatic nitrogens is 2. The van der Waals surface area contributed by atoms with E-state index >= 15 is 0 Å². The maximum absolute atomic E-state index is 14.0. The van der Waals surface area contributed by atoms with E-state index in [-0.39, 0.29) is 11.3 Å². The van der Waals surface area contributed by atoms with Crippen LogP contribution in [0.4, 0.5) is 17.6 Å². The van der Waals surface area contributed by atoms with Crippen LogP contribution in [0.2, 0.25) is 0 Å². The Morgan fingerprint density at radius 3 is 2.60 bits per heavy atom. The summed E-state index contributed by atoms with van der Waals surface area (Å²) in [6.45, 7) is 0. The Bertz CT molecular complexity index is 695. The molecule has 2 aromatic rings. The molecule has 2 rings (SSSR count). The summed E-state index contributed by atoms with van der Waals surface area (Å²) in [5.74, 6) is -2.53. The maximum Gasteiger partial charge on any atom is 0.449 e. The molecule has 1 aromatic carbocycles. The zero-order valence-electron chi connectivity index (χ0n) is 10.1. The molecule has 1 aromatic heterocycles. The van der Waals surface area contributed by atoms with E-state index in [1.165, 1.54) is 25.3 Å². The quantitative estimate of drug-likeness (QED) is 0.864. The van der Waals surface area contributed by atoms with Crippen LogP contribution < -0.4 is 10.3 Å². The lowest BCUT2D eigenvalue weighted by atomic mass is 10.1. The number of nitrogens with zero attached hydrogens (tertiary/aromatic N) is 1. The van der Waals surface area contributed by atoms with E-state index in [1.807, 2.05) is 0 Å². The average Bonchev–Trinajstić information content (AvgIpc) is 2.37. The molecule has 0 aliphatic heterocycles. The highest BCUT2D eigenvalue weighted by atomic mass is 19.4. The summed E-state index contributed by atoms with van der Waals surface area (Å²) >= 11 is 0. The number of hydrogen-bond donors (Lipinski definition) is 1. The van der Waals surface area contributed by atoms with Crippen LogP contribution in [-0.2, 0) is 6.18 Å². The van der Waals surface area contributed by atoms with Gasteiger partial charge in [0.2, 0.25) is 5.82 Å². The van der Waals surface area contributed by atoms with Crippen LogP contribution in [0.3, 0.4) is 0 Å². The van der Waals surface area contributed by atoms with Crippen molar-refractivity contribution >= 4 is 0 Å². The largest absolute Gasteiger partial charge is 0.494 e. The second kappa shape index (κ2) is 4.95. The van der Waals surface area contributed by atoms with Gasteiger partial charge in [0.05, 0.1) is 12.8 Å². The molecule has 0 spiro atoms. The van der Waals surface area contributed by atoms with Gasteiger partial charge in [-0.2, -0.15) is 13.2 Å². The first kappa shape index (κ1) is 14.0. The van der Waals surface area contributed by atoms with Crippen molar-refractivity contribution in [3.8, 4) is 17.0 Å². The van der Waals surface area contributed by atoms with Crippen LogP contribution in [-0.4, -0.2) is 17.1 Å². The van der Waals surface area contributed by atoms with Crippen molar-refractivity contribution in [1.82, 2.24) is 9.97 Å². The highest BCUT2D eigenvalue weighted by molar-refractivity contribution is 5.62. The molecule has 0 amide bonds. The van der Waals surface area contributed by atoms with E-state index < -0.39 is 29.1 Å². The molecule has 0 fully saturated rings. The van der Waals surface area contributed by atoms with Crippen molar-refractivity contribution < 1.29 is 22.3 Å². The number of hydrogen-bond acceptors (Lipinski definition) is 3. The first-order valence-electron chi connectivity index (χ1n) is 5.34. The Hall–Kier alpha value is -2.38. The molecule has 0 aliphatic carbocycles. The van der Waals surface area contributed by atoms with Gasteiger partial charge in [-0.1, -0.05) is 6.07 Å². The molecule has 1 heterocycles. The Morgan fingerprint density at radius 1 is 1.30 bits per heavy atom. The Kier molecular flexibility index (Phi) is 3.47. The lowest BCUT2D eigenvalue weighted by molar-refractivity contribution is -0.145. The number of benzene rings is 1. The second-order valence-corrected chi connectivity index (χ2v) is 3.80. The zero-order valence-corrected chi connectivity index (χ0v) is 10.1. The van der Waals surface area contributed by atoms with Crippen molar-refractivity contribution in [3.05, 3.63) is 46.3 Å². The molecule has 0 saturated heterocycles. The maximum atomic E-state index is 14.0. The summed E-state index contributed by atoms with van der Waals surface area (Å²) in [5.41, 5.74) is -1.69. The fourth-order valence-corrected chi connectivity index (χ4v) is 1.60. The molecule has 1 N–H and O–H groups in total. The molecule has 106 valence electrons. The number of aromatic amines is 1. The van der Waals surface area contributed by atoms with E-state index in [1.54, 1.807) is 4.98 Å². The highest BCUT2D eigenvalue weighted by Crippen LogP contribution is 2.30. The van der Waals surface area contributed by atoms with E-state index in [0.29, 0.717) is 0 Å². The number of rotatable bonds is 2. The normalized spacial score (nSPS) is 11.4. The minimum Gasteiger partial charge on any atom is -0.494 e. The van der Waals surface area contributed by atoms with Gasteiger partial charge in [-0.25, -0.2) is 9.37 Å². The van der Waals surface area contributed by atoms with Crippen LogP contribution in [0, 0.1) is 5.82 Å². The minimum atomic E-state index is -4.83. The van der Waals surface area contributed by atoms with Crippen LogP contribution in [0.25, 0.3) is 11.3 Å². The van der Waals surface area contributed by atoms with Crippen LogP contribution in [0.5, 0.6) is 5.75 Å². The molecule has 0 radical (unpaired) electrons. The number of alkyl halides is 3. The van der Waals surface area contributed by atoms with E-state index in [0.717, 1.165) is 6.07 Å². The van der Waals surface area contributed by atoms with Gasteiger partial charge in [-0.05, 0) is 12.1 Å². The first-order chi connectivity index (χ1) is 9.32. The van der Waals surface area contributed by atoms with Gasteiger partial charge < -0.3 is 9.72 Å². The van der Waals surface area contributed by atoms with Gasteiger partial charge in [-0.3, -0.25) is 4.79 Å². The van der Waals surface area contributed by atoms with Gasteiger partial charge in [0.15, 0.2) is 11.6 Å². The topological polar surface area (TPSA) is 55.0 Å². The van der Waals surface area contributed by atoms with E-state index in [2.05, 4.69) is 4.98 Å². The second-order valence-electron chi connectivity index (χ2n) is 3.80. The van der Waals surface area contributed by atoms with Crippen LogP contribution in [0.1, 0.15) is 5.82 Å². The third-order valence-electron chi connectivity index (χ3n) is 2.47. The number of halogens is 4. The zero-order chi connectivity index (χ0) is 14.9. The number of H-pyrrole nitrogens is 1. The number of nitrogens with one attached hydrogen (secondary N) is 1. The van der Waals surface area contributed by atoms with Crippen molar-refractivity contribution in [2.75, 3.05) is 7.11 Å². The van der Waals surface area contributed by atoms with Gasteiger partial charge in [0, 0.05) is 11.6 Å². The van der Waals surface area contributed by atoms with Gasteiger partial charge in [0.1, 0.15) is 0 Å². The molecule has 20 heavy (non-hydrogen) atoms. The molecule has 8 heteroatoms. The predicted molar refractivity (Wildman–Crippen MR) is 61.8 cm³/mol. The van der Waals surface area contributed by atoms with Crippen LogP contribution in [0.15, 0.2) is 29.1 Å². The summed E-state index contributed by atoms with van der Waals surface area (Å²) in [5, 5.41) is 0.